The van der Waals surface area contributed by atoms with Crippen LogP contribution in [0.15, 0.2) is 0 Å². The van der Waals surface area contributed by atoms with E-state index in [4.69, 9.17) is 20.4 Å². The predicted molar refractivity (Wildman–Crippen MR) is 79.2 cm³/mol. The number of hydrogen-bond donors (Lipinski definition) is 7. The van der Waals surface area contributed by atoms with Crippen LogP contribution in [0.4, 0.5) is 0 Å². The lowest BCUT2D eigenvalue weighted by atomic mass is 10.2. The summed E-state index contributed by atoms with van der Waals surface area (Å²) in [5, 5.41) is 64.6. The SMILES string of the molecule is OCCN(CC(O)CO)CC(O)CN(CCO)CC(O)CO. The highest BCUT2D eigenvalue weighted by Crippen LogP contribution is 2.00. The lowest BCUT2D eigenvalue weighted by Crippen LogP contribution is -2.46. The van der Waals surface area contributed by atoms with Crippen LogP contribution in [-0.2, 0) is 0 Å². The van der Waals surface area contributed by atoms with E-state index in [0.29, 0.717) is 0 Å². The largest absolute Gasteiger partial charge is 0.395 e. The van der Waals surface area contributed by atoms with Crippen molar-refractivity contribution in [3.05, 3.63) is 0 Å². The lowest BCUT2D eigenvalue weighted by Gasteiger charge is -2.30. The predicted octanol–water partition coefficient (Wildman–Crippen LogP) is -4.36. The minimum Gasteiger partial charge on any atom is -0.395 e. The van der Waals surface area contributed by atoms with Gasteiger partial charge in [0.2, 0.25) is 0 Å². The summed E-state index contributed by atoms with van der Waals surface area (Å²) in [4.78, 5) is 3.23. The first kappa shape index (κ1) is 21.6. The third-order valence-electron chi connectivity index (χ3n) is 3.13. The first-order valence-corrected chi connectivity index (χ1v) is 7.39. The van der Waals surface area contributed by atoms with Crippen LogP contribution in [0.25, 0.3) is 0 Å². The van der Waals surface area contributed by atoms with Gasteiger partial charge in [-0.15, -0.1) is 0 Å². The van der Waals surface area contributed by atoms with Gasteiger partial charge in [0.15, 0.2) is 0 Å². The molecule has 9 heteroatoms. The van der Waals surface area contributed by atoms with E-state index in [1.54, 1.807) is 9.80 Å². The highest BCUT2D eigenvalue weighted by molar-refractivity contribution is 4.73. The Labute approximate surface area is 130 Å². The van der Waals surface area contributed by atoms with Crippen LogP contribution in [0, 0.1) is 0 Å². The monoisotopic (exact) mass is 326 g/mol. The zero-order valence-corrected chi connectivity index (χ0v) is 12.8. The van der Waals surface area contributed by atoms with Crippen molar-refractivity contribution in [2.24, 2.45) is 0 Å². The van der Waals surface area contributed by atoms with Gasteiger partial charge in [-0.05, 0) is 0 Å². The van der Waals surface area contributed by atoms with Gasteiger partial charge in [0.1, 0.15) is 0 Å². The van der Waals surface area contributed by atoms with Gasteiger partial charge in [-0.25, -0.2) is 0 Å². The third kappa shape index (κ3) is 10.4. The maximum absolute atomic E-state index is 10.1. The van der Waals surface area contributed by atoms with Crippen molar-refractivity contribution in [2.45, 2.75) is 18.3 Å². The Bertz CT molecular complexity index is 237. The second kappa shape index (κ2) is 13.1. The van der Waals surface area contributed by atoms with E-state index >= 15 is 0 Å². The summed E-state index contributed by atoms with van der Waals surface area (Å²) >= 11 is 0. The van der Waals surface area contributed by atoms with Crippen molar-refractivity contribution < 1.29 is 35.7 Å². The molecule has 2 atom stereocenters. The van der Waals surface area contributed by atoms with Crippen LogP contribution in [0.3, 0.4) is 0 Å². The van der Waals surface area contributed by atoms with Crippen LogP contribution < -0.4 is 0 Å². The van der Waals surface area contributed by atoms with Gasteiger partial charge in [-0.1, -0.05) is 0 Å². The van der Waals surface area contributed by atoms with Gasteiger partial charge in [0.05, 0.1) is 44.7 Å². The van der Waals surface area contributed by atoms with E-state index in [-0.39, 0.29) is 52.5 Å². The van der Waals surface area contributed by atoms with E-state index in [1.807, 2.05) is 0 Å². The summed E-state index contributed by atoms with van der Waals surface area (Å²) in [6.45, 7) is -0.0529. The van der Waals surface area contributed by atoms with E-state index in [2.05, 4.69) is 0 Å². The molecular weight excluding hydrogens is 296 g/mol. The van der Waals surface area contributed by atoms with Crippen LogP contribution in [0.5, 0.6) is 0 Å². The molecule has 22 heavy (non-hydrogen) atoms. The maximum Gasteiger partial charge on any atom is 0.0897 e. The lowest BCUT2D eigenvalue weighted by molar-refractivity contribution is 0.00896. The highest BCUT2D eigenvalue weighted by Gasteiger charge is 2.19. The van der Waals surface area contributed by atoms with Crippen molar-refractivity contribution in [1.29, 1.82) is 0 Å². The first-order valence-electron chi connectivity index (χ1n) is 7.39. The van der Waals surface area contributed by atoms with Crippen LogP contribution >= 0.6 is 0 Å². The Morgan fingerprint density at radius 3 is 1.14 bits per heavy atom. The van der Waals surface area contributed by atoms with E-state index in [0.717, 1.165) is 0 Å². The molecule has 0 spiro atoms. The quantitative estimate of drug-likeness (QED) is 0.168. The summed E-state index contributed by atoms with van der Waals surface area (Å²) in [5.41, 5.74) is 0. The molecule has 2 unspecified atom stereocenters. The summed E-state index contributed by atoms with van der Waals surface area (Å²) in [6.07, 6.45) is -2.75. The fourth-order valence-electron chi connectivity index (χ4n) is 2.16. The van der Waals surface area contributed by atoms with Crippen LogP contribution in [-0.4, -0.2) is 130 Å². The third-order valence-corrected chi connectivity index (χ3v) is 3.13. The molecule has 134 valence electrons. The van der Waals surface area contributed by atoms with E-state index in [9.17, 15) is 15.3 Å². The Hall–Kier alpha value is -0.360. The minimum absolute atomic E-state index is 0.118. The average molecular weight is 326 g/mol. The van der Waals surface area contributed by atoms with Gasteiger partial charge >= 0.3 is 0 Å². The van der Waals surface area contributed by atoms with Crippen LogP contribution in [0.1, 0.15) is 0 Å². The minimum atomic E-state index is -0.955. The number of hydrogen-bond acceptors (Lipinski definition) is 9. The van der Waals surface area contributed by atoms with Crippen molar-refractivity contribution in [2.75, 3.05) is 65.7 Å². The summed E-state index contributed by atoms with van der Waals surface area (Å²) < 4.78 is 0. The summed E-state index contributed by atoms with van der Waals surface area (Å²) in [5.74, 6) is 0. The molecule has 0 aliphatic carbocycles. The molecule has 0 amide bonds. The van der Waals surface area contributed by atoms with E-state index < -0.39 is 31.5 Å². The molecule has 0 radical (unpaired) electrons. The molecule has 0 aliphatic rings. The fourth-order valence-corrected chi connectivity index (χ4v) is 2.16. The normalized spacial score (nSPS) is 16.2. The van der Waals surface area contributed by atoms with Crippen molar-refractivity contribution in [1.82, 2.24) is 9.80 Å². The van der Waals surface area contributed by atoms with Gasteiger partial charge in [0.25, 0.3) is 0 Å². The Morgan fingerprint density at radius 1 is 0.545 bits per heavy atom. The molecule has 0 heterocycles. The number of nitrogens with zero attached hydrogens (tertiary/aromatic N) is 2. The molecule has 0 fully saturated rings. The van der Waals surface area contributed by atoms with Crippen molar-refractivity contribution >= 4 is 0 Å². The number of rotatable bonds is 14. The molecular formula is C13H30N2O7. The van der Waals surface area contributed by atoms with E-state index in [1.165, 1.54) is 0 Å². The smallest absolute Gasteiger partial charge is 0.0897 e. The molecule has 0 bridgehead atoms. The Kier molecular flexibility index (Phi) is 12.9. The molecule has 9 nitrogen and oxygen atoms in total. The second-order valence-electron chi connectivity index (χ2n) is 5.29. The molecule has 0 saturated carbocycles. The van der Waals surface area contributed by atoms with Crippen molar-refractivity contribution in [3.8, 4) is 0 Å². The number of aliphatic hydroxyl groups excluding tert-OH is 7. The first-order chi connectivity index (χ1) is 10.5. The van der Waals surface area contributed by atoms with Gasteiger partial charge in [-0.3, -0.25) is 9.80 Å². The molecule has 0 aromatic rings. The molecule has 0 aliphatic heterocycles. The van der Waals surface area contributed by atoms with Gasteiger partial charge in [-0.2, -0.15) is 0 Å². The maximum atomic E-state index is 10.1. The average Bonchev–Trinajstić information content (AvgIpc) is 2.47. The van der Waals surface area contributed by atoms with Gasteiger partial charge < -0.3 is 35.7 Å². The number of aliphatic hydroxyl groups is 7. The van der Waals surface area contributed by atoms with Crippen molar-refractivity contribution in [3.63, 3.8) is 0 Å². The standard InChI is InChI=1S/C13H30N2O7/c16-3-1-14(7-12(21)9-18)5-11(20)6-15(2-4-17)8-13(22)10-19/h11-13,16-22H,1-10H2. The summed E-state index contributed by atoms with van der Waals surface area (Å²) in [6, 6.07) is 0. The molecule has 0 aromatic carbocycles. The fraction of sp³-hybridized carbons (Fsp3) is 1.00. The topological polar surface area (TPSA) is 148 Å². The molecule has 0 aromatic heterocycles. The second-order valence-corrected chi connectivity index (χ2v) is 5.29. The summed E-state index contributed by atoms with van der Waals surface area (Å²) in [7, 11) is 0. The molecule has 0 saturated heterocycles. The highest BCUT2D eigenvalue weighted by atomic mass is 16.3. The molecule has 7 N–H and O–H groups in total. The van der Waals surface area contributed by atoms with Crippen LogP contribution in [0.2, 0.25) is 0 Å². The zero-order valence-electron chi connectivity index (χ0n) is 12.8. The van der Waals surface area contributed by atoms with Gasteiger partial charge in [0, 0.05) is 39.3 Å². The Balaban J connectivity index is 4.39. The Morgan fingerprint density at radius 2 is 0.864 bits per heavy atom. The molecule has 0 rings (SSSR count). The zero-order chi connectivity index (χ0) is 17.0.